The molecule has 0 fully saturated rings. The summed E-state index contributed by atoms with van der Waals surface area (Å²) in [6.45, 7) is 0. The van der Waals surface area contributed by atoms with Crippen molar-refractivity contribution < 1.29 is 24.5 Å². The summed E-state index contributed by atoms with van der Waals surface area (Å²) >= 11 is 4.05. The summed E-state index contributed by atoms with van der Waals surface area (Å²) < 4.78 is 3.08. The average Bonchev–Trinajstić information content (AvgIpc) is 2.13. The SMILES string of the molecule is Nc1cc(N)c(S)cc1N.O=C(O)OC(=O)O. The van der Waals surface area contributed by atoms with Crippen LogP contribution in [0.25, 0.3) is 0 Å². The van der Waals surface area contributed by atoms with Crippen LogP contribution in [0.3, 0.4) is 0 Å². The molecule has 0 unspecified atom stereocenters. The highest BCUT2D eigenvalue weighted by atomic mass is 32.1. The van der Waals surface area contributed by atoms with Gasteiger partial charge < -0.3 is 32.2 Å². The molecule has 0 aliphatic heterocycles. The minimum Gasteiger partial charge on any atom is -0.449 e. The van der Waals surface area contributed by atoms with E-state index < -0.39 is 12.3 Å². The molecule has 0 saturated heterocycles. The van der Waals surface area contributed by atoms with Crippen LogP contribution in [0.2, 0.25) is 0 Å². The molecule has 1 aromatic carbocycles. The van der Waals surface area contributed by atoms with Crippen LogP contribution in [0.15, 0.2) is 17.0 Å². The number of anilines is 3. The maximum atomic E-state index is 9.21. The fraction of sp³-hybridized carbons (Fsp3) is 0. The third-order valence-corrected chi connectivity index (χ3v) is 1.79. The lowest BCUT2D eigenvalue weighted by Gasteiger charge is -2.03. The number of benzene rings is 1. The van der Waals surface area contributed by atoms with Gasteiger partial charge in [0.15, 0.2) is 0 Å². The van der Waals surface area contributed by atoms with Gasteiger partial charge in [-0.15, -0.1) is 12.6 Å². The lowest BCUT2D eigenvalue weighted by Crippen LogP contribution is -2.05. The van der Waals surface area contributed by atoms with Crippen LogP contribution < -0.4 is 17.2 Å². The zero-order chi connectivity index (χ0) is 13.6. The van der Waals surface area contributed by atoms with Crippen molar-refractivity contribution >= 4 is 42.0 Å². The number of carbonyl (C=O) groups is 2. The van der Waals surface area contributed by atoms with Crippen molar-refractivity contribution in [3.63, 3.8) is 0 Å². The summed E-state index contributed by atoms with van der Waals surface area (Å²) in [5.41, 5.74) is 17.9. The van der Waals surface area contributed by atoms with E-state index >= 15 is 0 Å². The molecule has 0 aromatic heterocycles. The first-order valence-electron chi connectivity index (χ1n) is 4.01. The Labute approximate surface area is 101 Å². The van der Waals surface area contributed by atoms with Gasteiger partial charge in [0.25, 0.3) is 0 Å². The van der Waals surface area contributed by atoms with Gasteiger partial charge in [-0.3, -0.25) is 0 Å². The molecule has 17 heavy (non-hydrogen) atoms. The van der Waals surface area contributed by atoms with Crippen LogP contribution in [0.4, 0.5) is 26.7 Å². The second-order valence-corrected chi connectivity index (χ2v) is 3.16. The number of rotatable bonds is 0. The normalized spacial score (nSPS) is 8.76. The van der Waals surface area contributed by atoms with E-state index in [4.69, 9.17) is 27.4 Å². The number of thiol groups is 1. The monoisotopic (exact) mass is 261 g/mol. The predicted molar refractivity (Wildman–Crippen MR) is 64.1 cm³/mol. The predicted octanol–water partition coefficient (Wildman–Crippen LogP) is 1.08. The first-order chi connectivity index (χ1) is 7.73. The summed E-state index contributed by atoms with van der Waals surface area (Å²) in [6.07, 6.45) is -3.62. The van der Waals surface area contributed by atoms with E-state index in [-0.39, 0.29) is 0 Å². The number of nitrogens with two attached hydrogens (primary N) is 3. The van der Waals surface area contributed by atoms with Gasteiger partial charge in [-0.05, 0) is 12.1 Å². The molecular formula is C8H11N3O5S. The number of carboxylic acid groups (broad SMARTS) is 2. The molecule has 1 rings (SSSR count). The van der Waals surface area contributed by atoms with E-state index in [1.54, 1.807) is 12.1 Å². The van der Waals surface area contributed by atoms with Crippen molar-refractivity contribution in [3.05, 3.63) is 12.1 Å². The Balaban J connectivity index is 0.000000325. The van der Waals surface area contributed by atoms with Crippen molar-refractivity contribution in [1.29, 1.82) is 0 Å². The molecule has 0 radical (unpaired) electrons. The average molecular weight is 261 g/mol. The van der Waals surface area contributed by atoms with E-state index in [2.05, 4.69) is 17.4 Å². The largest absolute Gasteiger partial charge is 0.516 e. The smallest absolute Gasteiger partial charge is 0.449 e. The maximum Gasteiger partial charge on any atom is 0.516 e. The van der Waals surface area contributed by atoms with Crippen LogP contribution in [-0.4, -0.2) is 22.5 Å². The molecule has 9 heteroatoms. The zero-order valence-corrected chi connectivity index (χ0v) is 9.35. The topological polar surface area (TPSA) is 162 Å². The summed E-state index contributed by atoms with van der Waals surface area (Å²) in [5.74, 6) is 0. The first kappa shape index (κ1) is 14.7. The first-order valence-corrected chi connectivity index (χ1v) is 4.46. The second kappa shape index (κ2) is 6.33. The van der Waals surface area contributed by atoms with E-state index in [0.29, 0.717) is 22.0 Å². The van der Waals surface area contributed by atoms with E-state index in [1.807, 2.05) is 0 Å². The summed E-state index contributed by atoms with van der Waals surface area (Å²) in [7, 11) is 0. The molecule has 0 bridgehead atoms. The third-order valence-electron chi connectivity index (χ3n) is 1.41. The molecule has 0 aliphatic carbocycles. The van der Waals surface area contributed by atoms with Crippen LogP contribution in [0, 0.1) is 0 Å². The number of hydrogen-bond donors (Lipinski definition) is 6. The summed E-state index contributed by atoms with van der Waals surface area (Å²) in [4.78, 5) is 19.1. The van der Waals surface area contributed by atoms with Gasteiger partial charge in [-0.1, -0.05) is 0 Å². The summed E-state index contributed by atoms with van der Waals surface area (Å²) in [5, 5.41) is 15.0. The lowest BCUT2D eigenvalue weighted by molar-refractivity contribution is 0.0802. The Morgan fingerprint density at radius 1 is 1.00 bits per heavy atom. The minimum absolute atomic E-state index is 0.496. The van der Waals surface area contributed by atoms with Gasteiger partial charge in [0.2, 0.25) is 0 Å². The highest BCUT2D eigenvalue weighted by Gasteiger charge is 2.01. The van der Waals surface area contributed by atoms with Crippen molar-refractivity contribution in [1.82, 2.24) is 0 Å². The van der Waals surface area contributed by atoms with Gasteiger partial charge in [0, 0.05) is 10.6 Å². The van der Waals surface area contributed by atoms with Gasteiger partial charge in [0.1, 0.15) is 0 Å². The highest BCUT2D eigenvalue weighted by molar-refractivity contribution is 7.80. The molecule has 0 aliphatic rings. The fourth-order valence-corrected chi connectivity index (χ4v) is 0.917. The maximum absolute atomic E-state index is 9.21. The third kappa shape index (κ3) is 5.99. The Bertz CT molecular complexity index is 375. The lowest BCUT2D eigenvalue weighted by atomic mass is 10.2. The van der Waals surface area contributed by atoms with Gasteiger partial charge in [0.05, 0.1) is 11.4 Å². The molecule has 0 spiro atoms. The standard InChI is InChI=1S/C6H9N3S.C2H2O5/c7-3-1-5(9)6(10)2-4(3)8;3-1(4)7-2(5)6/h1-2,10H,7-9H2;(H,3,4)(H,5,6). The van der Waals surface area contributed by atoms with Crippen LogP contribution in [-0.2, 0) is 4.74 Å². The molecule has 8 N–H and O–H groups in total. The molecule has 0 saturated carbocycles. The fourth-order valence-electron chi connectivity index (χ4n) is 0.713. The van der Waals surface area contributed by atoms with E-state index in [9.17, 15) is 9.59 Å². The Morgan fingerprint density at radius 3 is 1.71 bits per heavy atom. The number of nitrogen functional groups attached to an aromatic ring is 3. The molecule has 8 nitrogen and oxygen atoms in total. The van der Waals surface area contributed by atoms with Crippen LogP contribution in [0.5, 0.6) is 0 Å². The molecule has 0 heterocycles. The van der Waals surface area contributed by atoms with Crippen molar-refractivity contribution in [2.75, 3.05) is 17.2 Å². The highest BCUT2D eigenvalue weighted by Crippen LogP contribution is 2.24. The minimum atomic E-state index is -1.81. The van der Waals surface area contributed by atoms with Crippen molar-refractivity contribution in [3.8, 4) is 0 Å². The zero-order valence-electron chi connectivity index (χ0n) is 8.45. The van der Waals surface area contributed by atoms with E-state index in [0.717, 1.165) is 0 Å². The Hall–Kier alpha value is -2.29. The van der Waals surface area contributed by atoms with E-state index in [1.165, 1.54) is 0 Å². The second-order valence-electron chi connectivity index (χ2n) is 2.67. The quantitative estimate of drug-likeness (QED) is 0.175. The molecule has 0 amide bonds. The molecule has 94 valence electrons. The van der Waals surface area contributed by atoms with Crippen molar-refractivity contribution in [2.45, 2.75) is 4.90 Å². The van der Waals surface area contributed by atoms with Gasteiger partial charge in [-0.2, -0.15) is 0 Å². The molecular weight excluding hydrogens is 250 g/mol. The van der Waals surface area contributed by atoms with Crippen molar-refractivity contribution in [2.24, 2.45) is 0 Å². The number of hydrogen-bond acceptors (Lipinski definition) is 7. The van der Waals surface area contributed by atoms with Gasteiger partial charge >= 0.3 is 12.3 Å². The Kier molecular flexibility index (Phi) is 5.47. The molecule has 1 aromatic rings. The van der Waals surface area contributed by atoms with Crippen LogP contribution in [0.1, 0.15) is 0 Å². The number of ether oxygens (including phenoxy) is 1. The summed E-state index contributed by atoms with van der Waals surface area (Å²) in [6, 6.07) is 3.23. The van der Waals surface area contributed by atoms with Crippen LogP contribution >= 0.6 is 12.6 Å². The molecule has 0 atom stereocenters. The Morgan fingerprint density at radius 2 is 1.41 bits per heavy atom. The van der Waals surface area contributed by atoms with Gasteiger partial charge in [-0.25, -0.2) is 9.59 Å².